The first-order chi connectivity index (χ1) is 48.9. The summed E-state index contributed by atoms with van der Waals surface area (Å²) in [5.74, 6) is 0. The van der Waals surface area contributed by atoms with Crippen LogP contribution in [0.15, 0.2) is 231 Å². The van der Waals surface area contributed by atoms with Crippen molar-refractivity contribution < 1.29 is 0 Å². The van der Waals surface area contributed by atoms with E-state index >= 15 is 0 Å². The summed E-state index contributed by atoms with van der Waals surface area (Å²) in [6.07, 6.45) is 0. The number of aryl methyl sites for hydroxylation is 8. The van der Waals surface area contributed by atoms with Crippen molar-refractivity contribution in [1.82, 2.24) is 0 Å². The van der Waals surface area contributed by atoms with Crippen molar-refractivity contribution >= 4 is 266 Å². The van der Waals surface area contributed by atoms with E-state index < -0.39 is 0 Å². The number of hydrogen-bond acceptors (Lipinski definition) is 12. The summed E-state index contributed by atoms with van der Waals surface area (Å²) in [4.78, 5) is 10.8. The van der Waals surface area contributed by atoms with E-state index in [0.29, 0.717) is 0 Å². The van der Waals surface area contributed by atoms with Gasteiger partial charge in [-0.25, -0.2) is 0 Å². The zero-order chi connectivity index (χ0) is 67.1. The van der Waals surface area contributed by atoms with Crippen LogP contribution in [0.1, 0.15) is 44.5 Å². The molecule has 20 rings (SSSR count). The summed E-state index contributed by atoms with van der Waals surface area (Å²) < 4.78 is 10.2. The molecule has 482 valence electrons. The molecule has 20 aromatic rings. The van der Waals surface area contributed by atoms with Gasteiger partial charge in [-0.2, -0.15) is 0 Å². The van der Waals surface area contributed by atoms with Crippen LogP contribution in [0, 0.1) is 55.4 Å². The fourth-order valence-electron chi connectivity index (χ4n) is 15.9. The lowest BCUT2D eigenvalue weighted by atomic mass is 9.89. The number of rotatable bonds is 12. The average molecular weight is 1430 g/mol. The molecular weight excluding hydrogens is 1370 g/mol. The lowest BCUT2D eigenvalue weighted by Gasteiger charge is -2.33. The van der Waals surface area contributed by atoms with Crippen LogP contribution >= 0.6 is 90.7 Å². The number of benzene rings is 12. The van der Waals surface area contributed by atoms with Gasteiger partial charge in [-0.15, -0.1) is 90.7 Å². The second kappa shape index (κ2) is 23.1. The van der Waals surface area contributed by atoms with E-state index in [1.165, 1.54) is 198 Å². The first-order valence-electron chi connectivity index (χ1n) is 33.8. The molecule has 12 aromatic carbocycles. The number of fused-ring (bicyclic) bond motifs is 8. The van der Waals surface area contributed by atoms with Crippen molar-refractivity contribution in [3.63, 3.8) is 0 Å². The zero-order valence-corrected chi connectivity index (χ0v) is 62.5. The van der Waals surface area contributed by atoms with E-state index in [4.69, 9.17) is 0 Å². The van der Waals surface area contributed by atoms with E-state index in [9.17, 15) is 0 Å². The number of hydrogen-bond donors (Lipinski definition) is 0. The van der Waals surface area contributed by atoms with Gasteiger partial charge < -0.3 is 0 Å². The minimum absolute atomic E-state index is 1.14. The van der Waals surface area contributed by atoms with Gasteiger partial charge in [0, 0.05) is 69.9 Å². The van der Waals surface area contributed by atoms with Crippen LogP contribution in [0.25, 0.3) is 113 Å². The Morgan fingerprint density at radius 1 is 0.170 bits per heavy atom. The van der Waals surface area contributed by atoms with Gasteiger partial charge in [-0.05, 0) is 204 Å². The summed E-state index contributed by atoms with van der Waals surface area (Å²) in [5.41, 5.74) is 14.7. The first kappa shape index (κ1) is 60.5. The Bertz CT molecular complexity index is 5650. The molecule has 8 heterocycles. The summed E-state index contributed by atoms with van der Waals surface area (Å²) in [5, 5.41) is 27.3. The Hall–Kier alpha value is -9.44. The minimum atomic E-state index is 1.14. The highest BCUT2D eigenvalue weighted by atomic mass is 32.1. The molecule has 0 N–H and O–H groups in total. The van der Waals surface area contributed by atoms with Crippen molar-refractivity contribution in [3.8, 4) is 0 Å². The Balaban J connectivity index is 1.01. The van der Waals surface area contributed by atoms with Gasteiger partial charge in [-0.3, -0.25) is 19.6 Å². The molecule has 0 spiro atoms. The largest absolute Gasteiger partial charge is 0.292 e. The molecule has 0 aliphatic rings. The van der Waals surface area contributed by atoms with Crippen LogP contribution in [0.3, 0.4) is 0 Å². The number of thiophene rings is 8. The summed E-state index contributed by atoms with van der Waals surface area (Å²) >= 11 is 15.3. The minimum Gasteiger partial charge on any atom is -0.292 e. The quantitative estimate of drug-likeness (QED) is 0.113. The van der Waals surface area contributed by atoms with Crippen molar-refractivity contribution in [3.05, 3.63) is 275 Å². The standard InChI is InChI=1S/C88H62N4S8/c1-47-55-25-9-17-33-71(55)93-81(47)89(82-48(2)56-26-10-18-34-72(56)94-82)67-45-68(90(83-49(3)57-27-11-19-35-73(57)95-83)84-50(4)58-28-12-20-36-74(58)96-84)64-43-44-66-70(92(87-53(7)61-31-15-23-39-77(61)99-87)88-54(8)62-32-16-24-40-78(62)100-88)46-69(65-42-41-63(67)79(64)80(65)66)91(85-51(5)59-29-13-21-37-75(59)97-85)86-52(6)60-30-14-22-38-76(60)98-86/h9-46H,1-8H3. The maximum atomic E-state index is 2.70. The third-order valence-electron chi connectivity index (χ3n) is 20.9. The molecule has 0 fully saturated rings. The molecule has 0 bridgehead atoms. The number of anilines is 12. The number of nitrogens with zero attached hydrogens (tertiary/aromatic N) is 4. The second-order valence-electron chi connectivity index (χ2n) is 26.5. The monoisotopic (exact) mass is 1430 g/mol. The first-order valence-corrected chi connectivity index (χ1v) is 40.3. The Morgan fingerprint density at radius 3 is 0.450 bits per heavy atom. The molecule has 0 saturated heterocycles. The summed E-state index contributed by atoms with van der Waals surface area (Å²) in [6.45, 7) is 18.8. The second-order valence-corrected chi connectivity index (χ2v) is 34.7. The van der Waals surface area contributed by atoms with Crippen LogP contribution in [-0.4, -0.2) is 0 Å². The molecule has 0 atom stereocenters. The highest BCUT2D eigenvalue weighted by molar-refractivity contribution is 7.28. The van der Waals surface area contributed by atoms with Gasteiger partial charge >= 0.3 is 0 Å². The van der Waals surface area contributed by atoms with Crippen molar-refractivity contribution in [2.24, 2.45) is 0 Å². The predicted molar refractivity (Wildman–Crippen MR) is 450 cm³/mol. The van der Waals surface area contributed by atoms with Gasteiger partial charge in [0.2, 0.25) is 0 Å². The fourth-order valence-corrected chi connectivity index (χ4v) is 26.0. The Morgan fingerprint density at radius 2 is 0.310 bits per heavy atom. The molecule has 100 heavy (non-hydrogen) atoms. The molecule has 0 amide bonds. The van der Waals surface area contributed by atoms with Crippen LogP contribution < -0.4 is 19.6 Å². The van der Waals surface area contributed by atoms with Crippen LogP contribution in [-0.2, 0) is 0 Å². The SMILES string of the molecule is Cc1c(N(c2sc3ccccc3c2C)c2cc(N(c3sc4ccccc4c3C)c3sc4ccccc4c3C)c3ccc4c(N(c5sc6ccccc6c5C)c5sc6ccccc6c5C)cc(N(c5sc6ccccc6c5C)c5sc6ccccc6c5C)c5ccc2c3c54)sc2ccccc12. The van der Waals surface area contributed by atoms with E-state index in [-0.39, 0.29) is 0 Å². The third kappa shape index (κ3) is 8.88. The Labute approximate surface area is 610 Å². The highest BCUT2D eigenvalue weighted by Crippen LogP contribution is 2.62. The normalized spacial score (nSPS) is 12.2. The predicted octanol–water partition coefficient (Wildman–Crippen LogP) is 30.6. The van der Waals surface area contributed by atoms with Gasteiger partial charge in [0.25, 0.3) is 0 Å². The fraction of sp³-hybridized carbons (Fsp3) is 0.0909. The molecule has 0 aliphatic heterocycles. The van der Waals surface area contributed by atoms with E-state index in [2.05, 4.69) is 306 Å². The summed E-state index contributed by atoms with van der Waals surface area (Å²) in [7, 11) is 0. The smallest absolute Gasteiger partial charge is 0.105 e. The molecule has 0 saturated carbocycles. The molecule has 8 aromatic heterocycles. The van der Waals surface area contributed by atoms with Crippen LogP contribution in [0.2, 0.25) is 0 Å². The van der Waals surface area contributed by atoms with E-state index in [1.54, 1.807) is 0 Å². The van der Waals surface area contributed by atoms with Gasteiger partial charge in [-0.1, -0.05) is 170 Å². The Kier molecular flexibility index (Phi) is 13.9. The maximum absolute atomic E-state index is 2.70. The van der Waals surface area contributed by atoms with Crippen molar-refractivity contribution in [2.75, 3.05) is 19.6 Å². The molecule has 0 unspecified atom stereocenters. The molecule has 4 nitrogen and oxygen atoms in total. The highest BCUT2D eigenvalue weighted by Gasteiger charge is 2.36. The molecular formula is C88H62N4S8. The van der Waals surface area contributed by atoms with Gasteiger partial charge in [0.1, 0.15) is 40.0 Å². The lowest BCUT2D eigenvalue weighted by molar-refractivity contribution is 1.29. The van der Waals surface area contributed by atoms with Crippen LogP contribution in [0.5, 0.6) is 0 Å². The van der Waals surface area contributed by atoms with Crippen molar-refractivity contribution in [1.29, 1.82) is 0 Å². The van der Waals surface area contributed by atoms with Gasteiger partial charge in [0.15, 0.2) is 0 Å². The van der Waals surface area contributed by atoms with E-state index in [0.717, 1.165) is 22.7 Å². The maximum Gasteiger partial charge on any atom is 0.105 e. The molecule has 0 aliphatic carbocycles. The van der Waals surface area contributed by atoms with E-state index in [1.807, 2.05) is 90.7 Å². The topological polar surface area (TPSA) is 13.0 Å². The van der Waals surface area contributed by atoms with Crippen molar-refractivity contribution in [2.45, 2.75) is 55.4 Å². The third-order valence-corrected chi connectivity index (χ3v) is 31.0. The lowest BCUT2D eigenvalue weighted by Crippen LogP contribution is -2.15. The molecule has 12 heteroatoms. The van der Waals surface area contributed by atoms with Crippen LogP contribution in [0.4, 0.5) is 62.8 Å². The van der Waals surface area contributed by atoms with Gasteiger partial charge in [0.05, 0.1) is 22.7 Å². The average Bonchev–Trinajstić information content (AvgIpc) is 1.04. The molecule has 0 radical (unpaired) electrons. The summed E-state index contributed by atoms with van der Waals surface area (Å²) in [6, 6.07) is 87.6. The zero-order valence-electron chi connectivity index (χ0n) is 56.0.